The lowest BCUT2D eigenvalue weighted by Crippen LogP contribution is -2.44. The molecular weight excluding hydrogens is 324 g/mol. The minimum absolute atomic E-state index is 0.284. The average Bonchev–Trinajstić information content (AvgIpc) is 3.05. The van der Waals surface area contributed by atoms with Crippen molar-refractivity contribution >= 4 is 29.0 Å². The molecule has 3 heterocycles. The molecule has 3 nitrogen and oxygen atoms in total. The Morgan fingerprint density at radius 2 is 2.09 bits per heavy atom. The first-order valence-corrected chi connectivity index (χ1v) is 10.9. The zero-order chi connectivity index (χ0) is 15.7. The quantitative estimate of drug-likeness (QED) is 0.904. The van der Waals surface area contributed by atoms with Crippen molar-refractivity contribution in [3.05, 3.63) is 22.4 Å². The highest BCUT2D eigenvalue weighted by molar-refractivity contribution is 7.99. The van der Waals surface area contributed by atoms with Gasteiger partial charge in [0.1, 0.15) is 0 Å². The van der Waals surface area contributed by atoms with Crippen molar-refractivity contribution in [1.82, 2.24) is 10.2 Å². The minimum Gasteiger partial charge on any atom is -0.351 e. The standard InChI is InChI=1S/C18H26N2OS2/c21-17(19-13-15-2-1-9-23-15)16-12-18(16)5-7-20(8-6-18)14-3-10-22-11-4-14/h1-2,9,14,16H,3-8,10-13H2,(H,19,21). The SMILES string of the molecule is O=C(NCc1cccs1)C1CC12CCN(C1CCSCC1)CC2. The number of carbonyl (C=O) groups is 1. The monoisotopic (exact) mass is 350 g/mol. The molecule has 4 rings (SSSR count). The number of carbonyl (C=O) groups excluding carboxylic acids is 1. The van der Waals surface area contributed by atoms with Gasteiger partial charge in [-0.25, -0.2) is 0 Å². The van der Waals surface area contributed by atoms with Crippen molar-refractivity contribution < 1.29 is 4.79 Å². The molecule has 1 unspecified atom stereocenters. The van der Waals surface area contributed by atoms with E-state index in [-0.39, 0.29) is 5.92 Å². The number of nitrogens with one attached hydrogen (secondary N) is 1. The Labute approximate surface area is 147 Å². The molecule has 0 bridgehead atoms. The van der Waals surface area contributed by atoms with Gasteiger partial charge in [-0.2, -0.15) is 11.8 Å². The smallest absolute Gasteiger partial charge is 0.223 e. The molecule has 0 radical (unpaired) electrons. The summed E-state index contributed by atoms with van der Waals surface area (Å²) in [6.07, 6.45) is 6.31. The zero-order valence-electron chi connectivity index (χ0n) is 13.6. The Kier molecular flexibility index (Phi) is 4.70. The molecule has 1 N–H and O–H groups in total. The summed E-state index contributed by atoms with van der Waals surface area (Å²) in [7, 11) is 0. The number of thioether (sulfide) groups is 1. The van der Waals surface area contributed by atoms with Gasteiger partial charge in [-0.15, -0.1) is 11.3 Å². The van der Waals surface area contributed by atoms with Crippen LogP contribution in [0.25, 0.3) is 0 Å². The third kappa shape index (κ3) is 3.47. The van der Waals surface area contributed by atoms with Crippen LogP contribution in [-0.2, 0) is 11.3 Å². The Hall–Kier alpha value is -0.520. The van der Waals surface area contributed by atoms with Crippen LogP contribution in [0.15, 0.2) is 17.5 Å². The first kappa shape index (κ1) is 16.0. The molecule has 1 aliphatic carbocycles. The van der Waals surface area contributed by atoms with Crippen molar-refractivity contribution in [2.75, 3.05) is 24.6 Å². The van der Waals surface area contributed by atoms with Crippen molar-refractivity contribution in [1.29, 1.82) is 0 Å². The maximum atomic E-state index is 12.4. The number of rotatable bonds is 4. The van der Waals surface area contributed by atoms with Gasteiger partial charge in [0.2, 0.25) is 5.91 Å². The summed E-state index contributed by atoms with van der Waals surface area (Å²) in [5.74, 6) is 3.24. The van der Waals surface area contributed by atoms with Crippen LogP contribution >= 0.6 is 23.1 Å². The topological polar surface area (TPSA) is 32.3 Å². The van der Waals surface area contributed by atoms with Gasteiger partial charge in [-0.05, 0) is 73.6 Å². The molecule has 3 aliphatic rings. The minimum atomic E-state index is 0.284. The van der Waals surface area contributed by atoms with Crippen LogP contribution in [0.3, 0.4) is 0 Å². The van der Waals surface area contributed by atoms with Crippen LogP contribution in [0.4, 0.5) is 0 Å². The Morgan fingerprint density at radius 1 is 1.30 bits per heavy atom. The van der Waals surface area contributed by atoms with Crippen molar-refractivity contribution in [3.8, 4) is 0 Å². The van der Waals surface area contributed by atoms with Crippen LogP contribution in [0.5, 0.6) is 0 Å². The Bertz CT molecular complexity index is 531. The van der Waals surface area contributed by atoms with Crippen LogP contribution in [0, 0.1) is 11.3 Å². The third-order valence-electron chi connectivity index (χ3n) is 6.02. The lowest BCUT2D eigenvalue weighted by Gasteiger charge is -2.39. The van der Waals surface area contributed by atoms with Crippen molar-refractivity contribution in [2.24, 2.45) is 11.3 Å². The van der Waals surface area contributed by atoms with Gasteiger partial charge in [0.25, 0.3) is 0 Å². The molecule has 2 saturated heterocycles. The number of hydrogen-bond donors (Lipinski definition) is 1. The van der Waals surface area contributed by atoms with E-state index in [1.807, 2.05) is 6.07 Å². The van der Waals surface area contributed by atoms with Crippen LogP contribution in [-0.4, -0.2) is 41.4 Å². The predicted molar refractivity (Wildman–Crippen MR) is 97.9 cm³/mol. The number of amides is 1. The summed E-state index contributed by atoms with van der Waals surface area (Å²) in [6, 6.07) is 4.96. The summed E-state index contributed by atoms with van der Waals surface area (Å²) in [6.45, 7) is 3.13. The van der Waals surface area contributed by atoms with Crippen LogP contribution in [0.1, 0.15) is 37.0 Å². The van der Waals surface area contributed by atoms with Gasteiger partial charge in [0.15, 0.2) is 0 Å². The van der Waals surface area contributed by atoms with Gasteiger partial charge in [0, 0.05) is 16.8 Å². The number of piperidine rings is 1. The molecular formula is C18H26N2OS2. The third-order valence-corrected chi connectivity index (χ3v) is 7.95. The van der Waals surface area contributed by atoms with Gasteiger partial charge in [-0.3, -0.25) is 4.79 Å². The maximum Gasteiger partial charge on any atom is 0.223 e. The van der Waals surface area contributed by atoms with Crippen LogP contribution in [0.2, 0.25) is 0 Å². The highest BCUT2D eigenvalue weighted by Crippen LogP contribution is 2.59. The molecule has 1 atom stereocenters. The van der Waals surface area contributed by atoms with E-state index >= 15 is 0 Å². The summed E-state index contributed by atoms with van der Waals surface area (Å²) >= 11 is 3.82. The fourth-order valence-corrected chi connectivity index (χ4v) is 6.09. The number of likely N-dealkylation sites (tertiary alicyclic amines) is 1. The number of thiophene rings is 1. The summed E-state index contributed by atoms with van der Waals surface area (Å²) in [5, 5.41) is 5.22. The van der Waals surface area contributed by atoms with Crippen molar-refractivity contribution in [3.63, 3.8) is 0 Å². The molecule has 1 amide bonds. The molecule has 1 spiro atoms. The maximum absolute atomic E-state index is 12.4. The van der Waals surface area contributed by atoms with Crippen LogP contribution < -0.4 is 5.32 Å². The Balaban J connectivity index is 1.25. The van der Waals surface area contributed by atoms with E-state index in [4.69, 9.17) is 0 Å². The second-order valence-corrected chi connectivity index (χ2v) is 9.55. The van der Waals surface area contributed by atoms with Gasteiger partial charge in [-0.1, -0.05) is 6.07 Å². The molecule has 5 heteroatoms. The fourth-order valence-electron chi connectivity index (χ4n) is 4.37. The lowest BCUT2D eigenvalue weighted by atomic mass is 9.89. The van der Waals surface area contributed by atoms with E-state index in [9.17, 15) is 4.79 Å². The van der Waals surface area contributed by atoms with Gasteiger partial charge >= 0.3 is 0 Å². The molecule has 1 aromatic rings. The zero-order valence-corrected chi connectivity index (χ0v) is 15.3. The predicted octanol–water partition coefficient (Wildman–Crippen LogP) is 3.36. The van der Waals surface area contributed by atoms with Gasteiger partial charge < -0.3 is 10.2 Å². The first-order chi connectivity index (χ1) is 11.3. The van der Waals surface area contributed by atoms with E-state index in [0.717, 1.165) is 12.5 Å². The molecule has 0 aromatic carbocycles. The highest BCUT2D eigenvalue weighted by atomic mass is 32.2. The summed E-state index contributed by atoms with van der Waals surface area (Å²) < 4.78 is 0. The summed E-state index contributed by atoms with van der Waals surface area (Å²) in [4.78, 5) is 16.4. The van der Waals surface area contributed by atoms with E-state index < -0.39 is 0 Å². The second kappa shape index (κ2) is 6.77. The van der Waals surface area contributed by atoms with Crippen molar-refractivity contribution in [2.45, 2.75) is 44.7 Å². The molecule has 1 aromatic heterocycles. The van der Waals surface area contributed by atoms with E-state index in [0.29, 0.717) is 17.9 Å². The summed E-state index contributed by atoms with van der Waals surface area (Å²) in [5.41, 5.74) is 0.347. The molecule has 1 saturated carbocycles. The molecule has 3 fully saturated rings. The average molecular weight is 351 g/mol. The molecule has 2 aliphatic heterocycles. The molecule has 23 heavy (non-hydrogen) atoms. The second-order valence-electron chi connectivity index (χ2n) is 7.30. The van der Waals surface area contributed by atoms with E-state index in [2.05, 4.69) is 33.4 Å². The first-order valence-electron chi connectivity index (χ1n) is 8.89. The fraction of sp³-hybridized carbons (Fsp3) is 0.722. The normalized spacial score (nSPS) is 27.9. The number of nitrogens with zero attached hydrogens (tertiary/aromatic N) is 1. The van der Waals surface area contributed by atoms with Gasteiger partial charge in [0.05, 0.1) is 6.54 Å². The van der Waals surface area contributed by atoms with E-state index in [1.165, 1.54) is 55.2 Å². The highest BCUT2D eigenvalue weighted by Gasteiger charge is 2.58. The van der Waals surface area contributed by atoms with E-state index in [1.54, 1.807) is 11.3 Å². The lowest BCUT2D eigenvalue weighted by molar-refractivity contribution is -0.123. The molecule has 126 valence electrons. The Morgan fingerprint density at radius 3 is 2.78 bits per heavy atom. The largest absolute Gasteiger partial charge is 0.351 e. The number of hydrogen-bond acceptors (Lipinski definition) is 4.